The van der Waals surface area contributed by atoms with Crippen LogP contribution in [0.1, 0.15) is 21.5 Å². The number of nitrogens with two attached hydrogens (primary N) is 1. The van der Waals surface area contributed by atoms with E-state index in [9.17, 15) is 9.59 Å². The molecule has 24 heavy (non-hydrogen) atoms. The van der Waals surface area contributed by atoms with Gasteiger partial charge < -0.3 is 20.1 Å². The normalized spacial score (nSPS) is 18.2. The average Bonchev–Trinajstić information content (AvgIpc) is 3.07. The molecule has 0 aromatic heterocycles. The van der Waals surface area contributed by atoms with Crippen molar-refractivity contribution in [2.45, 2.75) is 19.0 Å². The predicted molar refractivity (Wildman–Crippen MR) is 85.6 cm³/mol. The van der Waals surface area contributed by atoms with Crippen molar-refractivity contribution < 1.29 is 19.1 Å². The maximum absolute atomic E-state index is 12.9. The Morgan fingerprint density at radius 2 is 1.79 bits per heavy atom. The van der Waals surface area contributed by atoms with Crippen LogP contribution in [0, 0.1) is 0 Å². The molecule has 1 atom stereocenters. The highest BCUT2D eigenvalue weighted by molar-refractivity contribution is 5.98. The van der Waals surface area contributed by atoms with Crippen molar-refractivity contribution in [3.05, 3.63) is 59.2 Å². The molecule has 2 aliphatic heterocycles. The van der Waals surface area contributed by atoms with Gasteiger partial charge >= 0.3 is 0 Å². The molecule has 2 aromatic rings. The molecule has 0 radical (unpaired) electrons. The van der Waals surface area contributed by atoms with Gasteiger partial charge in [-0.15, -0.1) is 0 Å². The van der Waals surface area contributed by atoms with E-state index in [1.54, 1.807) is 18.2 Å². The van der Waals surface area contributed by atoms with Crippen LogP contribution < -0.4 is 15.2 Å². The van der Waals surface area contributed by atoms with E-state index in [1.807, 2.05) is 24.3 Å². The summed E-state index contributed by atoms with van der Waals surface area (Å²) in [6.07, 6.45) is 0.432. The third kappa shape index (κ3) is 2.36. The smallest absolute Gasteiger partial charge is 0.254 e. The number of carbonyl (C=O) groups excluding carboxylic acids is 2. The summed E-state index contributed by atoms with van der Waals surface area (Å²) in [5.41, 5.74) is 8.08. The van der Waals surface area contributed by atoms with Crippen molar-refractivity contribution in [3.8, 4) is 11.5 Å². The van der Waals surface area contributed by atoms with Gasteiger partial charge in [-0.3, -0.25) is 9.59 Å². The first kappa shape index (κ1) is 14.6. The maximum atomic E-state index is 12.9. The molecule has 0 unspecified atom stereocenters. The van der Waals surface area contributed by atoms with Crippen LogP contribution >= 0.6 is 0 Å². The SMILES string of the molecule is NC(=O)[C@H]1Cc2ccccc2CN1C(=O)c1ccc2c(c1)OCO2. The highest BCUT2D eigenvalue weighted by atomic mass is 16.7. The van der Waals surface area contributed by atoms with E-state index in [-0.39, 0.29) is 12.7 Å². The summed E-state index contributed by atoms with van der Waals surface area (Å²) in [5, 5.41) is 0. The Hall–Kier alpha value is -3.02. The Labute approximate surface area is 138 Å². The van der Waals surface area contributed by atoms with E-state index in [1.165, 1.54) is 4.90 Å². The number of hydrogen-bond donors (Lipinski definition) is 1. The van der Waals surface area contributed by atoms with Crippen molar-refractivity contribution in [1.29, 1.82) is 0 Å². The summed E-state index contributed by atoms with van der Waals surface area (Å²) in [6.45, 7) is 0.505. The number of nitrogens with zero attached hydrogens (tertiary/aromatic N) is 1. The summed E-state index contributed by atoms with van der Waals surface area (Å²) in [7, 11) is 0. The van der Waals surface area contributed by atoms with Crippen LogP contribution in [0.5, 0.6) is 11.5 Å². The lowest BCUT2D eigenvalue weighted by Crippen LogP contribution is -2.51. The van der Waals surface area contributed by atoms with E-state index >= 15 is 0 Å². The molecule has 0 saturated carbocycles. The first-order valence-electron chi connectivity index (χ1n) is 7.70. The van der Waals surface area contributed by atoms with E-state index in [4.69, 9.17) is 15.2 Å². The molecule has 2 heterocycles. The zero-order valence-electron chi connectivity index (χ0n) is 12.9. The molecular weight excluding hydrogens is 308 g/mol. The minimum absolute atomic E-state index is 0.147. The Balaban J connectivity index is 1.68. The number of fused-ring (bicyclic) bond motifs is 2. The van der Waals surface area contributed by atoms with Gasteiger partial charge in [0.05, 0.1) is 0 Å². The lowest BCUT2D eigenvalue weighted by molar-refractivity contribution is -0.122. The minimum Gasteiger partial charge on any atom is -0.454 e. The number of benzene rings is 2. The molecule has 0 fully saturated rings. The number of amides is 2. The summed E-state index contributed by atoms with van der Waals surface area (Å²) < 4.78 is 10.6. The van der Waals surface area contributed by atoms with Crippen molar-refractivity contribution in [3.63, 3.8) is 0 Å². The second-order valence-corrected chi connectivity index (χ2v) is 5.89. The molecule has 0 spiro atoms. The average molecular weight is 324 g/mol. The molecule has 2 aromatic carbocycles. The van der Waals surface area contributed by atoms with Crippen molar-refractivity contribution >= 4 is 11.8 Å². The first-order valence-corrected chi connectivity index (χ1v) is 7.70. The van der Waals surface area contributed by atoms with Gasteiger partial charge in [-0.05, 0) is 29.3 Å². The number of carbonyl (C=O) groups is 2. The number of rotatable bonds is 2. The standard InChI is InChI=1S/C18H16N2O4/c19-17(21)14-7-11-3-1-2-4-13(11)9-20(14)18(22)12-5-6-15-16(8-12)24-10-23-15/h1-6,8,14H,7,9-10H2,(H2,19,21)/t14-/m1/s1. The monoisotopic (exact) mass is 324 g/mol. The van der Waals surface area contributed by atoms with Crippen molar-refractivity contribution in [2.24, 2.45) is 5.73 Å². The van der Waals surface area contributed by atoms with E-state index < -0.39 is 11.9 Å². The van der Waals surface area contributed by atoms with Crippen LogP contribution in [-0.2, 0) is 17.8 Å². The van der Waals surface area contributed by atoms with Gasteiger partial charge in [-0.25, -0.2) is 0 Å². The molecule has 0 saturated heterocycles. The molecule has 0 aliphatic carbocycles. The lowest BCUT2D eigenvalue weighted by atomic mass is 9.93. The van der Waals surface area contributed by atoms with Crippen molar-refractivity contribution in [1.82, 2.24) is 4.90 Å². The molecule has 2 N–H and O–H groups in total. The highest BCUT2D eigenvalue weighted by Crippen LogP contribution is 2.33. The summed E-state index contributed by atoms with van der Waals surface area (Å²) >= 11 is 0. The molecule has 122 valence electrons. The Kier molecular flexibility index (Phi) is 3.37. The van der Waals surface area contributed by atoms with Gasteiger partial charge in [0.15, 0.2) is 11.5 Å². The zero-order valence-corrected chi connectivity index (χ0v) is 12.9. The van der Waals surface area contributed by atoms with Gasteiger partial charge in [0, 0.05) is 18.5 Å². The fourth-order valence-electron chi connectivity index (χ4n) is 3.19. The third-order valence-electron chi connectivity index (χ3n) is 4.46. The Morgan fingerprint density at radius 3 is 2.58 bits per heavy atom. The second-order valence-electron chi connectivity index (χ2n) is 5.89. The van der Waals surface area contributed by atoms with Gasteiger partial charge in [0.1, 0.15) is 6.04 Å². The third-order valence-corrected chi connectivity index (χ3v) is 4.46. The largest absolute Gasteiger partial charge is 0.454 e. The Morgan fingerprint density at radius 1 is 1.04 bits per heavy atom. The molecule has 4 rings (SSSR count). The quantitative estimate of drug-likeness (QED) is 0.907. The van der Waals surface area contributed by atoms with Crippen LogP contribution in [0.25, 0.3) is 0 Å². The lowest BCUT2D eigenvalue weighted by Gasteiger charge is -2.35. The fourth-order valence-corrected chi connectivity index (χ4v) is 3.19. The maximum Gasteiger partial charge on any atom is 0.254 e. The fraction of sp³-hybridized carbons (Fsp3) is 0.222. The molecule has 0 bridgehead atoms. The topological polar surface area (TPSA) is 81.9 Å². The molecule has 2 amide bonds. The molecule has 2 aliphatic rings. The van der Waals surface area contributed by atoms with Gasteiger partial charge in [0.25, 0.3) is 5.91 Å². The summed E-state index contributed by atoms with van der Waals surface area (Å²) in [4.78, 5) is 26.4. The second kappa shape index (κ2) is 5.56. The van der Waals surface area contributed by atoms with Crippen molar-refractivity contribution in [2.75, 3.05) is 6.79 Å². The van der Waals surface area contributed by atoms with Crippen LogP contribution in [-0.4, -0.2) is 29.5 Å². The highest BCUT2D eigenvalue weighted by Gasteiger charge is 2.34. The number of primary amides is 1. The van der Waals surface area contributed by atoms with Gasteiger partial charge in [-0.2, -0.15) is 0 Å². The minimum atomic E-state index is -0.655. The Bertz CT molecular complexity index is 834. The van der Waals surface area contributed by atoms with E-state index in [2.05, 4.69) is 0 Å². The van der Waals surface area contributed by atoms with Gasteiger partial charge in [0.2, 0.25) is 12.7 Å². The van der Waals surface area contributed by atoms with Crippen LogP contribution in [0.15, 0.2) is 42.5 Å². The first-order chi connectivity index (χ1) is 11.6. The van der Waals surface area contributed by atoms with Crippen LogP contribution in [0.2, 0.25) is 0 Å². The van der Waals surface area contributed by atoms with Crippen LogP contribution in [0.3, 0.4) is 0 Å². The zero-order chi connectivity index (χ0) is 16.7. The summed E-state index contributed by atoms with van der Waals surface area (Å²) in [5.74, 6) is 0.404. The van der Waals surface area contributed by atoms with E-state index in [0.29, 0.717) is 30.0 Å². The molecule has 6 heteroatoms. The van der Waals surface area contributed by atoms with E-state index in [0.717, 1.165) is 11.1 Å². The van der Waals surface area contributed by atoms with Gasteiger partial charge in [-0.1, -0.05) is 24.3 Å². The molecule has 6 nitrogen and oxygen atoms in total. The van der Waals surface area contributed by atoms with Crippen LogP contribution in [0.4, 0.5) is 0 Å². The number of hydrogen-bond acceptors (Lipinski definition) is 4. The predicted octanol–water partition coefficient (Wildman–Crippen LogP) is 1.47. The number of ether oxygens (including phenoxy) is 2. The molecular formula is C18H16N2O4. The summed E-state index contributed by atoms with van der Waals surface area (Å²) in [6, 6.07) is 12.1.